The average molecular weight is 317 g/mol. The molecule has 1 N–H and O–H groups in total. The van der Waals surface area contributed by atoms with Crippen molar-refractivity contribution in [3.8, 4) is 0 Å². The minimum Gasteiger partial charge on any atom is -0.314 e. The molecule has 0 spiro atoms. The average Bonchev–Trinajstić information content (AvgIpc) is 3.27. The summed E-state index contributed by atoms with van der Waals surface area (Å²) in [5.41, 5.74) is 0. The Hall–Kier alpha value is -0.170. The lowest BCUT2D eigenvalue weighted by Crippen LogP contribution is -2.46. The predicted molar refractivity (Wildman–Crippen MR) is 86.3 cm³/mol. The van der Waals surface area contributed by atoms with Gasteiger partial charge in [-0.25, -0.2) is 0 Å². The van der Waals surface area contributed by atoms with E-state index in [1.807, 2.05) is 0 Å². The van der Waals surface area contributed by atoms with Crippen molar-refractivity contribution in [2.45, 2.75) is 52.0 Å². The van der Waals surface area contributed by atoms with Gasteiger partial charge in [0, 0.05) is 32.7 Å². The Morgan fingerprint density at radius 1 is 1.19 bits per heavy atom. The van der Waals surface area contributed by atoms with E-state index in [0.717, 1.165) is 25.8 Å². The molecule has 0 bridgehead atoms. The molecule has 0 radical (unpaired) electrons. The summed E-state index contributed by atoms with van der Waals surface area (Å²) >= 11 is 0. The molecule has 1 heterocycles. The third kappa shape index (κ3) is 4.91. The van der Waals surface area contributed by atoms with E-state index in [-0.39, 0.29) is 0 Å². The molecular weight excluding hydrogens is 286 g/mol. The quantitative estimate of drug-likeness (QED) is 0.693. The van der Waals surface area contributed by atoms with Crippen LogP contribution in [-0.2, 0) is 10.2 Å². The molecule has 0 aromatic heterocycles. The Balaban J connectivity index is 1.74. The molecule has 0 aromatic carbocycles. The van der Waals surface area contributed by atoms with Gasteiger partial charge in [-0.05, 0) is 50.5 Å². The zero-order valence-corrected chi connectivity index (χ0v) is 14.5. The van der Waals surface area contributed by atoms with Crippen molar-refractivity contribution >= 4 is 10.2 Å². The van der Waals surface area contributed by atoms with Crippen molar-refractivity contribution in [1.29, 1.82) is 0 Å². The Bertz CT molecular complexity index is 413. The molecule has 2 rings (SSSR count). The third-order valence-corrected chi connectivity index (χ3v) is 6.81. The second-order valence-corrected chi connectivity index (χ2v) is 8.93. The molecule has 21 heavy (non-hydrogen) atoms. The summed E-state index contributed by atoms with van der Waals surface area (Å²) in [5.74, 6) is 1.32. The first-order valence-electron chi connectivity index (χ1n) is 8.36. The summed E-state index contributed by atoms with van der Waals surface area (Å²) in [6, 6.07) is 0.696. The lowest BCUT2D eigenvalue weighted by atomic mass is 9.87. The van der Waals surface area contributed by atoms with Crippen LogP contribution in [0.25, 0.3) is 0 Å². The van der Waals surface area contributed by atoms with E-state index in [9.17, 15) is 8.42 Å². The highest BCUT2D eigenvalue weighted by Crippen LogP contribution is 2.26. The van der Waals surface area contributed by atoms with Crippen molar-refractivity contribution in [2.75, 3.05) is 33.2 Å². The standard InChI is InChI=1S/C15H31N3O2S/c1-13(2)14-7-11-18(12-8-14)21(19,20)17(3)10-4-9-16-15-5-6-15/h13-16H,4-12H2,1-3H3. The van der Waals surface area contributed by atoms with Gasteiger partial charge in [0.2, 0.25) is 0 Å². The molecule has 1 aliphatic heterocycles. The van der Waals surface area contributed by atoms with Crippen molar-refractivity contribution < 1.29 is 8.42 Å². The van der Waals surface area contributed by atoms with Crippen LogP contribution in [0.3, 0.4) is 0 Å². The van der Waals surface area contributed by atoms with Crippen LogP contribution in [0.5, 0.6) is 0 Å². The first-order chi connectivity index (χ1) is 9.91. The summed E-state index contributed by atoms with van der Waals surface area (Å²) in [7, 11) is -1.55. The van der Waals surface area contributed by atoms with Gasteiger partial charge in [0.05, 0.1) is 0 Å². The number of hydrogen-bond acceptors (Lipinski definition) is 3. The normalized spacial score (nSPS) is 22.3. The molecule has 0 aromatic rings. The van der Waals surface area contributed by atoms with Gasteiger partial charge in [0.25, 0.3) is 10.2 Å². The molecule has 1 saturated carbocycles. The number of nitrogens with zero attached hydrogens (tertiary/aromatic N) is 2. The molecule has 0 unspecified atom stereocenters. The molecule has 0 atom stereocenters. The highest BCUT2D eigenvalue weighted by molar-refractivity contribution is 7.86. The Kier molecular flexibility index (Phi) is 6.05. The predicted octanol–water partition coefficient (Wildman–Crippen LogP) is 1.67. The molecule has 1 aliphatic carbocycles. The summed E-state index contributed by atoms with van der Waals surface area (Å²) in [4.78, 5) is 0. The lowest BCUT2D eigenvalue weighted by Gasteiger charge is -2.35. The molecule has 5 nitrogen and oxygen atoms in total. The van der Waals surface area contributed by atoms with Crippen LogP contribution in [0.1, 0.15) is 46.0 Å². The smallest absolute Gasteiger partial charge is 0.281 e. The van der Waals surface area contributed by atoms with E-state index in [0.29, 0.717) is 37.5 Å². The van der Waals surface area contributed by atoms with Gasteiger partial charge in [-0.3, -0.25) is 0 Å². The maximum Gasteiger partial charge on any atom is 0.281 e. The molecule has 124 valence electrons. The number of piperidine rings is 1. The zero-order valence-electron chi connectivity index (χ0n) is 13.7. The van der Waals surface area contributed by atoms with Crippen LogP contribution in [0.2, 0.25) is 0 Å². The summed E-state index contributed by atoms with van der Waals surface area (Å²) in [5, 5.41) is 3.43. The van der Waals surface area contributed by atoms with Crippen LogP contribution in [0.4, 0.5) is 0 Å². The largest absolute Gasteiger partial charge is 0.314 e. The van der Waals surface area contributed by atoms with Crippen molar-refractivity contribution in [2.24, 2.45) is 11.8 Å². The Morgan fingerprint density at radius 2 is 1.81 bits per heavy atom. The van der Waals surface area contributed by atoms with Crippen LogP contribution >= 0.6 is 0 Å². The maximum absolute atomic E-state index is 12.5. The maximum atomic E-state index is 12.5. The summed E-state index contributed by atoms with van der Waals surface area (Å²) in [6.07, 6.45) is 5.43. The summed E-state index contributed by atoms with van der Waals surface area (Å²) in [6.45, 7) is 7.33. The molecule has 2 aliphatic rings. The van der Waals surface area contributed by atoms with Gasteiger partial charge in [0.1, 0.15) is 0 Å². The number of rotatable bonds is 8. The SMILES string of the molecule is CC(C)C1CCN(S(=O)(=O)N(C)CCCNC2CC2)CC1. The van der Waals surface area contributed by atoms with E-state index in [4.69, 9.17) is 0 Å². The van der Waals surface area contributed by atoms with Crippen LogP contribution in [0, 0.1) is 11.8 Å². The van der Waals surface area contributed by atoms with Gasteiger partial charge in [-0.2, -0.15) is 17.0 Å². The van der Waals surface area contributed by atoms with Gasteiger partial charge in [0.15, 0.2) is 0 Å². The molecule has 2 fully saturated rings. The summed E-state index contributed by atoms with van der Waals surface area (Å²) < 4.78 is 28.3. The van der Waals surface area contributed by atoms with Gasteiger partial charge >= 0.3 is 0 Å². The third-order valence-electron chi connectivity index (χ3n) is 4.82. The monoisotopic (exact) mass is 317 g/mol. The van der Waals surface area contributed by atoms with Gasteiger partial charge in [-0.1, -0.05) is 13.8 Å². The highest BCUT2D eigenvalue weighted by atomic mass is 32.2. The molecule has 1 saturated heterocycles. The van der Waals surface area contributed by atoms with E-state index in [2.05, 4.69) is 19.2 Å². The minimum atomic E-state index is -3.26. The fourth-order valence-electron chi connectivity index (χ4n) is 2.98. The number of hydrogen-bond donors (Lipinski definition) is 1. The van der Waals surface area contributed by atoms with Crippen molar-refractivity contribution in [3.05, 3.63) is 0 Å². The van der Waals surface area contributed by atoms with Gasteiger partial charge < -0.3 is 5.32 Å². The zero-order chi connectivity index (χ0) is 15.5. The topological polar surface area (TPSA) is 52.7 Å². The molecular formula is C15H31N3O2S. The highest BCUT2D eigenvalue weighted by Gasteiger charge is 2.31. The van der Waals surface area contributed by atoms with E-state index in [1.54, 1.807) is 11.4 Å². The van der Waals surface area contributed by atoms with E-state index < -0.39 is 10.2 Å². The Morgan fingerprint density at radius 3 is 2.33 bits per heavy atom. The van der Waals surface area contributed by atoms with Gasteiger partial charge in [-0.15, -0.1) is 0 Å². The van der Waals surface area contributed by atoms with Crippen molar-refractivity contribution in [3.63, 3.8) is 0 Å². The lowest BCUT2D eigenvalue weighted by molar-refractivity contribution is 0.218. The van der Waals surface area contributed by atoms with Crippen molar-refractivity contribution in [1.82, 2.24) is 13.9 Å². The van der Waals surface area contributed by atoms with E-state index in [1.165, 1.54) is 17.1 Å². The fourth-order valence-corrected chi connectivity index (χ4v) is 4.41. The first kappa shape index (κ1) is 17.2. The van der Waals surface area contributed by atoms with Crippen LogP contribution in [0.15, 0.2) is 0 Å². The van der Waals surface area contributed by atoms with Crippen LogP contribution < -0.4 is 5.32 Å². The molecule has 0 amide bonds. The number of nitrogens with one attached hydrogen (secondary N) is 1. The van der Waals surface area contributed by atoms with Crippen LogP contribution in [-0.4, -0.2) is 56.3 Å². The Labute approximate surface area is 130 Å². The minimum absolute atomic E-state index is 0.603. The second-order valence-electron chi connectivity index (χ2n) is 6.89. The molecule has 6 heteroatoms. The van der Waals surface area contributed by atoms with E-state index >= 15 is 0 Å². The second kappa shape index (κ2) is 7.40. The first-order valence-corrected chi connectivity index (χ1v) is 9.75. The fraction of sp³-hybridized carbons (Fsp3) is 1.00.